The molecule has 0 radical (unpaired) electrons. The summed E-state index contributed by atoms with van der Waals surface area (Å²) in [4.78, 5) is 30.8. The number of fused-ring (bicyclic) bond motifs is 1. The Hall–Kier alpha value is -2.80. The van der Waals surface area contributed by atoms with Gasteiger partial charge < -0.3 is 20.5 Å². The maximum atomic E-state index is 11.8. The van der Waals surface area contributed by atoms with E-state index in [1.54, 1.807) is 0 Å². The molecule has 0 bridgehead atoms. The Bertz CT molecular complexity index is 998. The lowest BCUT2D eigenvalue weighted by atomic mass is 10.0. The molecule has 1 aromatic heterocycles. The number of amides is 1. The molecule has 27 heavy (non-hydrogen) atoms. The summed E-state index contributed by atoms with van der Waals surface area (Å²) in [5.74, 6) is -0.283. The number of piperazine rings is 1. The standard InChI is InChI=1S/C20H22N4O2S/c21-18(25)10-9-15-13-23(14-5-2-1-3-6-14)11-12-24(15)16-7-4-8-17-19(16)22-20(26)27-17/h1-8,15H,9-13H2,(H2,21,25)(H,22,26). The van der Waals surface area contributed by atoms with Gasteiger partial charge in [0, 0.05) is 37.8 Å². The zero-order valence-corrected chi connectivity index (χ0v) is 15.7. The second-order valence-corrected chi connectivity index (χ2v) is 7.81. The predicted molar refractivity (Wildman–Crippen MR) is 111 cm³/mol. The Balaban J connectivity index is 1.66. The fourth-order valence-electron chi connectivity index (χ4n) is 3.80. The van der Waals surface area contributed by atoms with Crippen LogP contribution in [-0.4, -0.2) is 36.6 Å². The van der Waals surface area contributed by atoms with Crippen molar-refractivity contribution in [2.75, 3.05) is 29.4 Å². The molecule has 1 atom stereocenters. The normalized spacial score (nSPS) is 17.4. The third-order valence-electron chi connectivity index (χ3n) is 5.07. The molecule has 6 nitrogen and oxygen atoms in total. The molecule has 1 saturated heterocycles. The summed E-state index contributed by atoms with van der Waals surface area (Å²) < 4.78 is 0.955. The third kappa shape index (κ3) is 3.68. The molecule has 1 fully saturated rings. The van der Waals surface area contributed by atoms with E-state index >= 15 is 0 Å². The highest BCUT2D eigenvalue weighted by Gasteiger charge is 2.29. The van der Waals surface area contributed by atoms with Gasteiger partial charge in [-0.1, -0.05) is 35.6 Å². The van der Waals surface area contributed by atoms with Crippen molar-refractivity contribution in [1.29, 1.82) is 0 Å². The fraction of sp³-hybridized carbons (Fsp3) is 0.300. The van der Waals surface area contributed by atoms with Gasteiger partial charge in [-0.25, -0.2) is 0 Å². The SMILES string of the molecule is NC(=O)CCC1CN(c2ccccc2)CCN1c1cccc2sc(=O)[nH]c12. The van der Waals surface area contributed by atoms with Crippen LogP contribution in [0.5, 0.6) is 0 Å². The molecular formula is C20H22N4O2S. The van der Waals surface area contributed by atoms with Crippen LogP contribution in [0.4, 0.5) is 11.4 Å². The topological polar surface area (TPSA) is 82.4 Å². The number of benzene rings is 2. The molecule has 1 aliphatic heterocycles. The molecule has 2 heterocycles. The molecule has 0 spiro atoms. The molecule has 1 amide bonds. The maximum Gasteiger partial charge on any atom is 0.305 e. The van der Waals surface area contributed by atoms with Crippen molar-refractivity contribution in [3.05, 3.63) is 58.2 Å². The summed E-state index contributed by atoms with van der Waals surface area (Å²) in [6, 6.07) is 16.4. The summed E-state index contributed by atoms with van der Waals surface area (Å²) in [6.45, 7) is 2.50. The Kier molecular flexibility index (Phi) is 4.85. The van der Waals surface area contributed by atoms with Gasteiger partial charge in [-0.15, -0.1) is 0 Å². The van der Waals surface area contributed by atoms with E-state index in [1.807, 2.05) is 36.4 Å². The number of aromatic nitrogens is 1. The van der Waals surface area contributed by atoms with Crippen molar-refractivity contribution >= 4 is 38.8 Å². The van der Waals surface area contributed by atoms with E-state index in [4.69, 9.17) is 5.73 Å². The van der Waals surface area contributed by atoms with E-state index in [-0.39, 0.29) is 16.8 Å². The molecule has 0 aliphatic carbocycles. The van der Waals surface area contributed by atoms with Crippen LogP contribution in [0.2, 0.25) is 0 Å². The van der Waals surface area contributed by atoms with Crippen LogP contribution in [0.1, 0.15) is 12.8 Å². The van der Waals surface area contributed by atoms with E-state index in [9.17, 15) is 9.59 Å². The highest BCUT2D eigenvalue weighted by molar-refractivity contribution is 7.16. The largest absolute Gasteiger partial charge is 0.370 e. The van der Waals surface area contributed by atoms with E-state index < -0.39 is 0 Å². The number of para-hydroxylation sites is 2. The van der Waals surface area contributed by atoms with Crippen LogP contribution < -0.4 is 20.4 Å². The van der Waals surface area contributed by atoms with E-state index in [0.29, 0.717) is 12.8 Å². The summed E-state index contributed by atoms with van der Waals surface area (Å²) >= 11 is 1.22. The van der Waals surface area contributed by atoms with Gasteiger partial charge in [-0.05, 0) is 30.7 Å². The number of thiazole rings is 1. The number of H-pyrrole nitrogens is 1. The van der Waals surface area contributed by atoms with E-state index in [1.165, 1.54) is 17.0 Å². The second kappa shape index (κ2) is 7.44. The summed E-state index contributed by atoms with van der Waals surface area (Å²) in [5, 5.41) is 0. The predicted octanol–water partition coefficient (Wildman–Crippen LogP) is 2.55. The first-order chi connectivity index (χ1) is 13.1. The number of anilines is 2. The van der Waals surface area contributed by atoms with Gasteiger partial charge >= 0.3 is 4.87 Å². The lowest BCUT2D eigenvalue weighted by Crippen LogP contribution is -2.53. The Morgan fingerprint density at radius 1 is 1.15 bits per heavy atom. The van der Waals surface area contributed by atoms with Crippen LogP contribution in [0.3, 0.4) is 0 Å². The molecular weight excluding hydrogens is 360 g/mol. The van der Waals surface area contributed by atoms with Gasteiger partial charge in [-0.2, -0.15) is 0 Å². The molecule has 2 aromatic carbocycles. The molecule has 0 saturated carbocycles. The van der Waals surface area contributed by atoms with E-state index in [0.717, 1.165) is 35.5 Å². The summed E-state index contributed by atoms with van der Waals surface area (Å²) in [6.07, 6.45) is 1.03. The smallest absolute Gasteiger partial charge is 0.305 e. The van der Waals surface area contributed by atoms with Gasteiger partial charge in [-0.3, -0.25) is 9.59 Å². The number of nitrogens with two attached hydrogens (primary N) is 1. The molecule has 7 heteroatoms. The Labute approximate surface area is 161 Å². The number of nitrogens with one attached hydrogen (secondary N) is 1. The average molecular weight is 382 g/mol. The number of carbonyl (C=O) groups excluding carboxylic acids is 1. The minimum atomic E-state index is -0.283. The van der Waals surface area contributed by atoms with Crippen LogP contribution in [0.25, 0.3) is 10.2 Å². The fourth-order valence-corrected chi connectivity index (χ4v) is 4.56. The number of nitrogens with zero attached hydrogens (tertiary/aromatic N) is 2. The number of primary amides is 1. The quantitative estimate of drug-likeness (QED) is 0.710. The maximum absolute atomic E-state index is 11.8. The molecule has 140 valence electrons. The number of hydrogen-bond donors (Lipinski definition) is 2. The van der Waals surface area contributed by atoms with Crippen molar-refractivity contribution in [3.63, 3.8) is 0 Å². The highest BCUT2D eigenvalue weighted by Crippen LogP contribution is 2.31. The molecule has 1 unspecified atom stereocenters. The van der Waals surface area contributed by atoms with Gasteiger partial charge in [0.2, 0.25) is 5.91 Å². The highest BCUT2D eigenvalue weighted by atomic mass is 32.1. The number of hydrogen-bond acceptors (Lipinski definition) is 5. The van der Waals surface area contributed by atoms with Gasteiger partial charge in [0.25, 0.3) is 0 Å². The first-order valence-electron chi connectivity index (χ1n) is 9.08. The van der Waals surface area contributed by atoms with Crippen molar-refractivity contribution in [2.45, 2.75) is 18.9 Å². The average Bonchev–Trinajstić information content (AvgIpc) is 3.07. The lowest BCUT2D eigenvalue weighted by molar-refractivity contribution is -0.118. The minimum Gasteiger partial charge on any atom is -0.370 e. The van der Waals surface area contributed by atoms with Crippen molar-refractivity contribution in [1.82, 2.24) is 4.98 Å². The summed E-state index contributed by atoms with van der Waals surface area (Å²) in [7, 11) is 0. The Morgan fingerprint density at radius 3 is 2.74 bits per heavy atom. The Morgan fingerprint density at radius 2 is 1.96 bits per heavy atom. The van der Waals surface area contributed by atoms with Gasteiger partial charge in [0.1, 0.15) is 0 Å². The van der Waals surface area contributed by atoms with Crippen LogP contribution >= 0.6 is 11.3 Å². The first kappa shape index (κ1) is 17.6. The second-order valence-electron chi connectivity index (χ2n) is 6.80. The lowest BCUT2D eigenvalue weighted by Gasteiger charge is -2.44. The number of rotatable bonds is 5. The van der Waals surface area contributed by atoms with Crippen molar-refractivity contribution in [3.8, 4) is 0 Å². The zero-order valence-electron chi connectivity index (χ0n) is 14.9. The number of aromatic amines is 1. The van der Waals surface area contributed by atoms with Crippen molar-refractivity contribution < 1.29 is 4.79 Å². The third-order valence-corrected chi connectivity index (χ3v) is 5.92. The zero-order chi connectivity index (χ0) is 18.8. The number of carbonyl (C=O) groups is 1. The molecule has 3 aromatic rings. The van der Waals surface area contributed by atoms with Crippen molar-refractivity contribution in [2.24, 2.45) is 5.73 Å². The van der Waals surface area contributed by atoms with E-state index in [2.05, 4.69) is 26.9 Å². The van der Waals surface area contributed by atoms with Gasteiger partial charge in [0.05, 0.1) is 15.9 Å². The van der Waals surface area contributed by atoms with Crippen LogP contribution in [-0.2, 0) is 4.79 Å². The van der Waals surface area contributed by atoms with Gasteiger partial charge in [0.15, 0.2) is 0 Å². The monoisotopic (exact) mass is 382 g/mol. The van der Waals surface area contributed by atoms with Crippen LogP contribution in [0, 0.1) is 0 Å². The molecule has 1 aliphatic rings. The minimum absolute atomic E-state index is 0.0472. The molecule has 3 N–H and O–H groups in total. The summed E-state index contributed by atoms with van der Waals surface area (Å²) in [5.41, 5.74) is 8.50. The van der Waals surface area contributed by atoms with Crippen LogP contribution in [0.15, 0.2) is 53.3 Å². The molecule has 4 rings (SSSR count). The first-order valence-corrected chi connectivity index (χ1v) is 9.90.